The maximum atomic E-state index is 5.90. The lowest BCUT2D eigenvalue weighted by molar-refractivity contribution is 0.221. The number of halogens is 1. The van der Waals surface area contributed by atoms with Gasteiger partial charge in [-0.2, -0.15) is 15.0 Å². The van der Waals surface area contributed by atoms with Gasteiger partial charge in [-0.3, -0.25) is 0 Å². The van der Waals surface area contributed by atoms with E-state index in [9.17, 15) is 0 Å². The minimum absolute atomic E-state index is 0.0174. The number of aromatic nitrogens is 3. The predicted molar refractivity (Wildman–Crippen MR) is 70.3 cm³/mol. The molecule has 0 spiro atoms. The van der Waals surface area contributed by atoms with Gasteiger partial charge < -0.3 is 14.5 Å². The van der Waals surface area contributed by atoms with Crippen LogP contribution in [0.3, 0.4) is 0 Å². The van der Waals surface area contributed by atoms with Gasteiger partial charge in [-0.25, -0.2) is 0 Å². The van der Waals surface area contributed by atoms with Crippen LogP contribution < -0.4 is 9.64 Å². The average molecular weight is 272 g/mol. The van der Waals surface area contributed by atoms with E-state index in [1.165, 1.54) is 0 Å². The molecule has 1 aromatic rings. The van der Waals surface area contributed by atoms with Crippen LogP contribution in [0.2, 0.25) is 5.28 Å². The molecule has 1 aromatic heterocycles. The van der Waals surface area contributed by atoms with E-state index >= 15 is 0 Å². The third kappa shape index (κ3) is 3.43. The summed E-state index contributed by atoms with van der Waals surface area (Å²) >= 11 is 5.90. The molecule has 100 valence electrons. The van der Waals surface area contributed by atoms with Crippen LogP contribution in [0.25, 0.3) is 0 Å². The van der Waals surface area contributed by atoms with Crippen molar-refractivity contribution in [2.24, 2.45) is 0 Å². The van der Waals surface area contributed by atoms with E-state index in [2.05, 4.69) is 31.8 Å². The lowest BCUT2D eigenvalue weighted by Crippen LogP contribution is -2.45. The van der Waals surface area contributed by atoms with Crippen molar-refractivity contribution in [3.63, 3.8) is 0 Å². The van der Waals surface area contributed by atoms with Crippen LogP contribution in [0.4, 0.5) is 5.95 Å². The highest BCUT2D eigenvalue weighted by molar-refractivity contribution is 6.28. The van der Waals surface area contributed by atoms with E-state index < -0.39 is 0 Å². The van der Waals surface area contributed by atoms with Crippen molar-refractivity contribution in [3.05, 3.63) is 5.28 Å². The maximum Gasteiger partial charge on any atom is 0.322 e. The summed E-state index contributed by atoms with van der Waals surface area (Å²) in [5.74, 6) is 0.596. The summed E-state index contributed by atoms with van der Waals surface area (Å²) < 4.78 is 5.46. The Hall–Kier alpha value is -1.14. The number of nitrogens with zero attached hydrogens (tertiary/aromatic N) is 5. The van der Waals surface area contributed by atoms with Gasteiger partial charge in [0.15, 0.2) is 0 Å². The second kappa shape index (κ2) is 5.67. The fraction of sp³-hybridized carbons (Fsp3) is 0.727. The molecule has 1 aliphatic rings. The molecule has 1 saturated heterocycles. The van der Waals surface area contributed by atoms with E-state index in [0.29, 0.717) is 12.0 Å². The predicted octanol–water partition coefficient (Wildman–Crippen LogP) is 1.06. The van der Waals surface area contributed by atoms with Gasteiger partial charge in [0.2, 0.25) is 11.2 Å². The fourth-order valence-electron chi connectivity index (χ4n) is 1.73. The average Bonchev–Trinajstić information content (AvgIpc) is 2.28. The SMILES string of the molecule is CC(C)Oc1nc(Cl)nc(N2CCN(C)CC2)n1. The van der Waals surface area contributed by atoms with E-state index in [4.69, 9.17) is 16.3 Å². The number of rotatable bonds is 3. The lowest BCUT2D eigenvalue weighted by atomic mass is 10.3. The van der Waals surface area contributed by atoms with E-state index in [-0.39, 0.29) is 11.4 Å². The smallest absolute Gasteiger partial charge is 0.322 e. The van der Waals surface area contributed by atoms with Crippen molar-refractivity contribution < 1.29 is 4.74 Å². The van der Waals surface area contributed by atoms with Crippen molar-refractivity contribution in [3.8, 4) is 6.01 Å². The Morgan fingerprint density at radius 1 is 1.11 bits per heavy atom. The summed E-state index contributed by atoms with van der Waals surface area (Å²) in [5, 5.41) is 0.176. The number of ether oxygens (including phenoxy) is 1. The lowest BCUT2D eigenvalue weighted by Gasteiger charge is -2.32. The van der Waals surface area contributed by atoms with Gasteiger partial charge in [0.05, 0.1) is 6.10 Å². The number of likely N-dealkylation sites (N-methyl/N-ethyl adjacent to an activating group) is 1. The van der Waals surface area contributed by atoms with Crippen molar-refractivity contribution in [2.75, 3.05) is 38.1 Å². The highest BCUT2D eigenvalue weighted by Crippen LogP contribution is 2.17. The standard InChI is InChI=1S/C11H18ClN5O/c1-8(2)18-11-14-9(12)13-10(15-11)17-6-4-16(3)5-7-17/h8H,4-7H2,1-3H3. The maximum absolute atomic E-state index is 5.90. The molecule has 18 heavy (non-hydrogen) atoms. The van der Waals surface area contributed by atoms with Crippen molar-refractivity contribution in [1.29, 1.82) is 0 Å². The monoisotopic (exact) mass is 271 g/mol. The first-order valence-electron chi connectivity index (χ1n) is 6.06. The second-order valence-electron chi connectivity index (χ2n) is 4.64. The molecule has 1 fully saturated rings. The molecule has 0 saturated carbocycles. The summed E-state index contributed by atoms with van der Waals surface area (Å²) in [6.07, 6.45) is 0.0174. The van der Waals surface area contributed by atoms with Crippen LogP contribution in [0.5, 0.6) is 6.01 Å². The third-order valence-electron chi connectivity index (χ3n) is 2.70. The molecule has 0 aliphatic carbocycles. The van der Waals surface area contributed by atoms with Crippen LogP contribution in [-0.4, -0.2) is 59.2 Å². The molecule has 0 atom stereocenters. The number of hydrogen-bond acceptors (Lipinski definition) is 6. The quantitative estimate of drug-likeness (QED) is 0.820. The summed E-state index contributed by atoms with van der Waals surface area (Å²) in [7, 11) is 2.10. The fourth-order valence-corrected chi connectivity index (χ4v) is 1.88. The molecule has 0 aromatic carbocycles. The Morgan fingerprint density at radius 3 is 2.39 bits per heavy atom. The highest BCUT2D eigenvalue weighted by atomic mass is 35.5. The molecule has 6 nitrogen and oxygen atoms in total. The van der Waals surface area contributed by atoms with Gasteiger partial charge in [0, 0.05) is 26.2 Å². The number of hydrogen-bond donors (Lipinski definition) is 0. The van der Waals surface area contributed by atoms with E-state index in [1.807, 2.05) is 13.8 Å². The molecular formula is C11H18ClN5O. The molecule has 0 N–H and O–H groups in total. The Morgan fingerprint density at radius 2 is 1.78 bits per heavy atom. The number of anilines is 1. The van der Waals surface area contributed by atoms with Crippen LogP contribution in [0, 0.1) is 0 Å². The summed E-state index contributed by atoms with van der Waals surface area (Å²) in [5.41, 5.74) is 0. The van der Waals surface area contributed by atoms with Crippen molar-refractivity contribution in [2.45, 2.75) is 20.0 Å². The molecule has 1 aliphatic heterocycles. The molecule has 0 unspecified atom stereocenters. The third-order valence-corrected chi connectivity index (χ3v) is 2.87. The van der Waals surface area contributed by atoms with Gasteiger partial charge in [-0.1, -0.05) is 0 Å². The van der Waals surface area contributed by atoms with Crippen molar-refractivity contribution >= 4 is 17.5 Å². The van der Waals surface area contributed by atoms with Crippen LogP contribution in [0.1, 0.15) is 13.8 Å². The Balaban J connectivity index is 2.14. The summed E-state index contributed by atoms with van der Waals surface area (Å²) in [4.78, 5) is 16.8. The molecule has 2 rings (SSSR count). The Kier molecular flexibility index (Phi) is 4.19. The zero-order valence-corrected chi connectivity index (χ0v) is 11.7. The molecular weight excluding hydrogens is 254 g/mol. The zero-order valence-electron chi connectivity index (χ0n) is 10.9. The van der Waals surface area contributed by atoms with E-state index in [0.717, 1.165) is 26.2 Å². The normalized spacial score (nSPS) is 17.3. The van der Waals surface area contributed by atoms with Crippen LogP contribution in [0.15, 0.2) is 0 Å². The first-order chi connectivity index (χ1) is 8.54. The minimum atomic E-state index is 0.0174. The van der Waals surface area contributed by atoms with Crippen molar-refractivity contribution in [1.82, 2.24) is 19.9 Å². The number of piperazine rings is 1. The van der Waals surface area contributed by atoms with Gasteiger partial charge in [-0.05, 0) is 32.5 Å². The molecule has 0 amide bonds. The molecule has 0 bridgehead atoms. The van der Waals surface area contributed by atoms with Gasteiger partial charge >= 0.3 is 6.01 Å². The molecule has 0 radical (unpaired) electrons. The topological polar surface area (TPSA) is 54.4 Å². The highest BCUT2D eigenvalue weighted by Gasteiger charge is 2.18. The summed E-state index contributed by atoms with van der Waals surface area (Å²) in [6.45, 7) is 7.60. The molecule has 2 heterocycles. The van der Waals surface area contributed by atoms with E-state index in [1.54, 1.807) is 0 Å². The minimum Gasteiger partial charge on any atom is -0.461 e. The van der Waals surface area contributed by atoms with Gasteiger partial charge in [0.25, 0.3) is 0 Å². The first kappa shape index (κ1) is 13.3. The van der Waals surface area contributed by atoms with Crippen LogP contribution >= 0.6 is 11.6 Å². The largest absolute Gasteiger partial charge is 0.461 e. The summed E-state index contributed by atoms with van der Waals surface area (Å²) in [6, 6.07) is 0.291. The molecule has 7 heteroatoms. The Labute approximate surface area is 112 Å². The first-order valence-corrected chi connectivity index (χ1v) is 6.44. The second-order valence-corrected chi connectivity index (χ2v) is 4.98. The zero-order chi connectivity index (χ0) is 13.1. The van der Waals surface area contributed by atoms with Crippen LogP contribution in [-0.2, 0) is 0 Å². The van der Waals surface area contributed by atoms with Gasteiger partial charge in [0.1, 0.15) is 0 Å². The van der Waals surface area contributed by atoms with Gasteiger partial charge in [-0.15, -0.1) is 0 Å². The Bertz CT molecular complexity index is 406.